The predicted molar refractivity (Wildman–Crippen MR) is 77.1 cm³/mol. The van der Waals surface area contributed by atoms with E-state index in [0.29, 0.717) is 11.6 Å². The molecule has 1 N–H and O–H groups in total. The number of benzene rings is 1. The van der Waals surface area contributed by atoms with Gasteiger partial charge in [0.15, 0.2) is 0 Å². The Balaban J connectivity index is 2.56. The van der Waals surface area contributed by atoms with E-state index in [4.69, 9.17) is 11.6 Å². The van der Waals surface area contributed by atoms with Crippen molar-refractivity contribution in [3.05, 3.63) is 40.7 Å². The van der Waals surface area contributed by atoms with Crippen molar-refractivity contribution in [1.82, 2.24) is 9.55 Å². The number of aryl methyl sites for hydroxylation is 1. The third-order valence-corrected chi connectivity index (χ3v) is 3.10. The fraction of sp³-hybridized carbons (Fsp3) is 0.357. The second-order valence-electron chi connectivity index (χ2n) is 5.04. The molecule has 0 aliphatic carbocycles. The quantitative estimate of drug-likeness (QED) is 0.891. The number of rotatable bonds is 3. The lowest BCUT2D eigenvalue weighted by atomic mass is 10.2. The van der Waals surface area contributed by atoms with E-state index >= 15 is 0 Å². The van der Waals surface area contributed by atoms with Crippen LogP contribution in [0, 0.1) is 6.92 Å². The van der Waals surface area contributed by atoms with Crippen LogP contribution in [-0.2, 0) is 6.18 Å². The van der Waals surface area contributed by atoms with Crippen LogP contribution in [0.4, 0.5) is 19.1 Å². The Hall–Kier alpha value is -1.69. The maximum Gasteiger partial charge on any atom is 0.416 e. The minimum absolute atomic E-state index is 0.0927. The number of alkyl halides is 3. The normalized spacial score (nSPS) is 12.0. The molecular weight excluding hydrogens is 303 g/mol. The molecule has 114 valence electrons. The first kappa shape index (κ1) is 15.7. The van der Waals surface area contributed by atoms with Gasteiger partial charge in [-0.05, 0) is 39.0 Å². The van der Waals surface area contributed by atoms with Crippen LogP contribution in [0.15, 0.2) is 24.4 Å². The average molecular weight is 318 g/mol. The molecule has 1 heterocycles. The number of aromatic nitrogens is 2. The van der Waals surface area contributed by atoms with Gasteiger partial charge < -0.3 is 5.32 Å². The molecule has 0 spiro atoms. The molecule has 2 rings (SSSR count). The smallest absolute Gasteiger partial charge is 0.353 e. The molecule has 7 heteroatoms. The number of halogens is 4. The van der Waals surface area contributed by atoms with Crippen molar-refractivity contribution >= 4 is 17.5 Å². The molecule has 1 aromatic carbocycles. The highest BCUT2D eigenvalue weighted by Crippen LogP contribution is 2.34. The first-order valence-corrected chi connectivity index (χ1v) is 6.76. The molecule has 21 heavy (non-hydrogen) atoms. The van der Waals surface area contributed by atoms with Gasteiger partial charge in [0.05, 0.1) is 22.0 Å². The van der Waals surface area contributed by atoms with E-state index < -0.39 is 11.7 Å². The van der Waals surface area contributed by atoms with Gasteiger partial charge in [-0.1, -0.05) is 11.6 Å². The maximum atomic E-state index is 12.8. The van der Waals surface area contributed by atoms with Crippen LogP contribution in [0.25, 0.3) is 5.69 Å². The highest BCUT2D eigenvalue weighted by Gasteiger charge is 2.31. The molecule has 1 aromatic heterocycles. The fourth-order valence-electron chi connectivity index (χ4n) is 1.92. The van der Waals surface area contributed by atoms with E-state index in [1.165, 1.54) is 10.6 Å². The Morgan fingerprint density at radius 2 is 1.95 bits per heavy atom. The minimum atomic E-state index is -4.42. The van der Waals surface area contributed by atoms with Crippen molar-refractivity contribution < 1.29 is 13.2 Å². The lowest BCUT2D eigenvalue weighted by Gasteiger charge is -2.15. The van der Waals surface area contributed by atoms with Crippen LogP contribution in [0.1, 0.15) is 25.1 Å². The molecule has 0 aliphatic heterocycles. The van der Waals surface area contributed by atoms with Crippen molar-refractivity contribution in [3.63, 3.8) is 0 Å². The van der Waals surface area contributed by atoms with Crippen LogP contribution in [0.3, 0.4) is 0 Å². The van der Waals surface area contributed by atoms with E-state index in [2.05, 4.69) is 10.3 Å². The number of nitrogens with one attached hydrogen (secondary N) is 1. The van der Waals surface area contributed by atoms with Crippen LogP contribution in [-0.4, -0.2) is 15.6 Å². The van der Waals surface area contributed by atoms with E-state index in [0.717, 1.165) is 12.1 Å². The zero-order chi connectivity index (χ0) is 15.8. The van der Waals surface area contributed by atoms with Gasteiger partial charge in [0, 0.05) is 12.2 Å². The summed E-state index contributed by atoms with van der Waals surface area (Å²) in [5.74, 6) is 0.462. The molecular formula is C14H15ClF3N3. The summed E-state index contributed by atoms with van der Waals surface area (Å²) in [6.07, 6.45) is -2.77. The van der Waals surface area contributed by atoms with Crippen molar-refractivity contribution in [3.8, 4) is 5.69 Å². The zero-order valence-electron chi connectivity index (χ0n) is 11.8. The summed E-state index contributed by atoms with van der Waals surface area (Å²) in [7, 11) is 0. The van der Waals surface area contributed by atoms with E-state index in [9.17, 15) is 13.2 Å². The van der Waals surface area contributed by atoms with E-state index in [1.54, 1.807) is 13.1 Å². The summed E-state index contributed by atoms with van der Waals surface area (Å²) < 4.78 is 40.1. The van der Waals surface area contributed by atoms with Crippen LogP contribution in [0.5, 0.6) is 0 Å². The van der Waals surface area contributed by atoms with Gasteiger partial charge in [-0.25, -0.2) is 4.98 Å². The number of hydrogen-bond donors (Lipinski definition) is 1. The highest BCUT2D eigenvalue weighted by molar-refractivity contribution is 6.32. The Labute approximate surface area is 125 Å². The van der Waals surface area contributed by atoms with Crippen molar-refractivity contribution in [2.75, 3.05) is 5.32 Å². The van der Waals surface area contributed by atoms with Gasteiger partial charge >= 0.3 is 6.18 Å². The number of hydrogen-bond acceptors (Lipinski definition) is 2. The van der Waals surface area contributed by atoms with Gasteiger partial charge in [-0.2, -0.15) is 13.2 Å². The third-order valence-electron chi connectivity index (χ3n) is 2.78. The van der Waals surface area contributed by atoms with Gasteiger partial charge in [0.1, 0.15) is 0 Å². The SMILES string of the molecule is Cc1cn(-c2cc(C(F)(F)F)ccc2Cl)c(NC(C)C)n1. The van der Waals surface area contributed by atoms with Gasteiger partial charge in [0.25, 0.3) is 0 Å². The molecule has 0 bridgehead atoms. The second kappa shape index (κ2) is 5.60. The van der Waals surface area contributed by atoms with Crippen LogP contribution in [0.2, 0.25) is 5.02 Å². The van der Waals surface area contributed by atoms with Crippen molar-refractivity contribution in [2.45, 2.75) is 33.0 Å². The molecule has 0 atom stereocenters. The summed E-state index contributed by atoms with van der Waals surface area (Å²) in [6, 6.07) is 3.32. The summed E-state index contributed by atoms with van der Waals surface area (Å²) in [6.45, 7) is 5.60. The largest absolute Gasteiger partial charge is 0.416 e. The number of nitrogens with zero attached hydrogens (tertiary/aromatic N) is 2. The summed E-state index contributed by atoms with van der Waals surface area (Å²) in [5, 5.41) is 3.32. The van der Waals surface area contributed by atoms with Crippen LogP contribution >= 0.6 is 11.6 Å². The number of anilines is 1. The second-order valence-corrected chi connectivity index (χ2v) is 5.45. The lowest BCUT2D eigenvalue weighted by molar-refractivity contribution is -0.137. The molecule has 0 fully saturated rings. The standard InChI is InChI=1S/C14H15ClF3N3/c1-8(2)19-13-20-9(3)7-21(13)12-6-10(14(16,17)18)4-5-11(12)15/h4-8H,1-3H3,(H,19,20). The van der Waals surface area contributed by atoms with Gasteiger partial charge in [-0.15, -0.1) is 0 Å². The monoisotopic (exact) mass is 317 g/mol. The molecule has 3 nitrogen and oxygen atoms in total. The van der Waals surface area contributed by atoms with Crippen LogP contribution < -0.4 is 5.32 Å². The first-order chi connectivity index (χ1) is 9.68. The Morgan fingerprint density at radius 1 is 1.29 bits per heavy atom. The van der Waals surface area contributed by atoms with Gasteiger partial charge in [-0.3, -0.25) is 4.57 Å². The molecule has 0 aliphatic rings. The highest BCUT2D eigenvalue weighted by atomic mass is 35.5. The molecule has 2 aromatic rings. The molecule has 0 unspecified atom stereocenters. The fourth-order valence-corrected chi connectivity index (χ4v) is 2.12. The Kier molecular flexibility index (Phi) is 4.18. The number of imidazole rings is 1. The zero-order valence-corrected chi connectivity index (χ0v) is 12.5. The Morgan fingerprint density at radius 3 is 2.52 bits per heavy atom. The van der Waals surface area contributed by atoms with E-state index in [-0.39, 0.29) is 16.8 Å². The first-order valence-electron chi connectivity index (χ1n) is 6.38. The molecule has 0 amide bonds. The summed E-state index contributed by atoms with van der Waals surface area (Å²) >= 11 is 6.05. The maximum absolute atomic E-state index is 12.8. The minimum Gasteiger partial charge on any atom is -0.353 e. The third kappa shape index (κ3) is 3.50. The Bertz CT molecular complexity index is 647. The summed E-state index contributed by atoms with van der Waals surface area (Å²) in [4.78, 5) is 4.27. The van der Waals surface area contributed by atoms with Crippen molar-refractivity contribution in [1.29, 1.82) is 0 Å². The predicted octanol–water partition coefficient (Wildman–Crippen LogP) is 4.67. The topological polar surface area (TPSA) is 29.9 Å². The molecule has 0 saturated heterocycles. The summed E-state index contributed by atoms with van der Waals surface area (Å²) in [5.41, 5.74) is 0.186. The van der Waals surface area contributed by atoms with Crippen molar-refractivity contribution in [2.24, 2.45) is 0 Å². The molecule has 0 saturated carbocycles. The average Bonchev–Trinajstić information content (AvgIpc) is 2.68. The van der Waals surface area contributed by atoms with Gasteiger partial charge in [0.2, 0.25) is 5.95 Å². The lowest BCUT2D eigenvalue weighted by Crippen LogP contribution is -2.14. The molecule has 0 radical (unpaired) electrons. The van der Waals surface area contributed by atoms with E-state index in [1.807, 2.05) is 13.8 Å².